The first-order chi connectivity index (χ1) is 24.5. The number of nitrogens with zero attached hydrogens (tertiary/aromatic N) is 7. The molecule has 0 aliphatic carbocycles. The van der Waals surface area contributed by atoms with E-state index in [2.05, 4.69) is 52.4 Å². The molecule has 264 valence electrons. The number of hydrogen-bond donors (Lipinski definition) is 3. The number of hydrogen-bond acceptors (Lipinski definition) is 9. The number of benzene rings is 2. The van der Waals surface area contributed by atoms with E-state index in [0.29, 0.717) is 32.0 Å². The second-order valence-electron chi connectivity index (χ2n) is 12.1. The number of likely N-dealkylation sites (tertiary alicyclic amines) is 1. The van der Waals surface area contributed by atoms with Crippen LogP contribution in [-0.2, 0) is 14.4 Å². The van der Waals surface area contributed by atoms with Gasteiger partial charge in [-0.05, 0) is 73.6 Å². The molecule has 2 saturated heterocycles. The van der Waals surface area contributed by atoms with Crippen LogP contribution in [0.2, 0.25) is 0 Å². The van der Waals surface area contributed by atoms with E-state index in [4.69, 9.17) is 9.90 Å². The SMILES string of the molecule is O=C(Nc1ccc2[nH]nc(-c3ccncc3)c2c1)[C@H]1CCN(CC(=O)N2CCN(c3ccc(-c4ncccn4)cc3)CC2)C1.O=C(O)C(F)(F)F. The van der Waals surface area contributed by atoms with Gasteiger partial charge in [-0.1, -0.05) is 0 Å². The summed E-state index contributed by atoms with van der Waals surface area (Å²) in [5.41, 5.74) is 5.52. The van der Waals surface area contributed by atoms with Crippen molar-refractivity contribution in [3.63, 3.8) is 0 Å². The van der Waals surface area contributed by atoms with Gasteiger partial charge in [0.1, 0.15) is 5.69 Å². The van der Waals surface area contributed by atoms with E-state index in [1.54, 1.807) is 24.8 Å². The third-order valence-electron chi connectivity index (χ3n) is 8.72. The Hall–Kier alpha value is -5.90. The number of rotatable bonds is 7. The van der Waals surface area contributed by atoms with Crippen LogP contribution in [0.15, 0.2) is 85.5 Å². The second-order valence-corrected chi connectivity index (χ2v) is 12.1. The van der Waals surface area contributed by atoms with E-state index in [9.17, 15) is 22.8 Å². The molecule has 3 aromatic heterocycles. The first-order valence-electron chi connectivity index (χ1n) is 16.2. The topological polar surface area (TPSA) is 161 Å². The van der Waals surface area contributed by atoms with Crippen molar-refractivity contribution in [1.29, 1.82) is 0 Å². The van der Waals surface area contributed by atoms with E-state index in [0.717, 1.165) is 65.2 Å². The maximum absolute atomic E-state index is 13.2. The van der Waals surface area contributed by atoms with Gasteiger partial charge in [0.2, 0.25) is 11.8 Å². The molecule has 5 aromatic rings. The van der Waals surface area contributed by atoms with Gasteiger partial charge in [0.15, 0.2) is 5.82 Å². The Morgan fingerprint density at radius 1 is 0.882 bits per heavy atom. The number of aliphatic carboxylic acids is 1. The van der Waals surface area contributed by atoms with Gasteiger partial charge in [-0.25, -0.2) is 14.8 Å². The highest BCUT2D eigenvalue weighted by Gasteiger charge is 2.38. The minimum absolute atomic E-state index is 0.0216. The van der Waals surface area contributed by atoms with Crippen molar-refractivity contribution < 1.29 is 32.7 Å². The fourth-order valence-electron chi connectivity index (χ4n) is 6.03. The monoisotopic (exact) mass is 701 g/mol. The van der Waals surface area contributed by atoms with Crippen LogP contribution in [0.25, 0.3) is 33.5 Å². The predicted molar refractivity (Wildman–Crippen MR) is 182 cm³/mol. The molecule has 5 heterocycles. The lowest BCUT2D eigenvalue weighted by Gasteiger charge is -2.36. The summed E-state index contributed by atoms with van der Waals surface area (Å²) in [5.74, 6) is -2.11. The number of aromatic amines is 1. The quantitative estimate of drug-likeness (QED) is 0.223. The Balaban J connectivity index is 0.000000582. The summed E-state index contributed by atoms with van der Waals surface area (Å²) in [6.45, 7) is 4.56. The number of anilines is 2. The average Bonchev–Trinajstić information content (AvgIpc) is 3.80. The Bertz CT molecular complexity index is 1970. The third kappa shape index (κ3) is 8.64. The summed E-state index contributed by atoms with van der Waals surface area (Å²) in [7, 11) is 0. The van der Waals surface area contributed by atoms with Gasteiger partial charge in [0, 0.05) is 85.4 Å². The van der Waals surface area contributed by atoms with Crippen molar-refractivity contribution in [1.82, 2.24) is 34.9 Å². The normalized spacial score (nSPS) is 16.4. The zero-order valence-electron chi connectivity index (χ0n) is 27.3. The van der Waals surface area contributed by atoms with Crippen LogP contribution in [0.4, 0.5) is 24.5 Å². The first kappa shape index (κ1) is 34.9. The van der Waals surface area contributed by atoms with Gasteiger partial charge < -0.3 is 20.2 Å². The number of nitrogens with one attached hydrogen (secondary N) is 2. The number of carbonyl (C=O) groups is 3. The standard InChI is InChI=1S/C33H33N9O2.C2HF3O2/c43-30(42-18-16-41(17-19-42)27-5-2-24(3-6-27)32-35-11-1-12-36-32)22-40-15-10-25(21-40)33(44)37-26-4-7-29-28(20-26)31(39-38-29)23-8-13-34-14-9-23;3-2(4,5)1(6)7/h1-9,11-14,20,25H,10,15-19,21-22H2,(H,37,44)(H,38,39);(H,6,7)/t25-;/m0./s1. The summed E-state index contributed by atoms with van der Waals surface area (Å²) < 4.78 is 31.7. The molecule has 0 unspecified atom stereocenters. The number of amides is 2. The van der Waals surface area contributed by atoms with Crippen LogP contribution in [0.1, 0.15) is 6.42 Å². The van der Waals surface area contributed by atoms with E-state index in [1.165, 1.54) is 0 Å². The van der Waals surface area contributed by atoms with Crippen molar-refractivity contribution in [2.24, 2.45) is 5.92 Å². The molecule has 2 aliphatic rings. The van der Waals surface area contributed by atoms with Crippen LogP contribution in [0.3, 0.4) is 0 Å². The van der Waals surface area contributed by atoms with E-state index < -0.39 is 12.1 Å². The van der Waals surface area contributed by atoms with Gasteiger partial charge in [-0.15, -0.1) is 0 Å². The minimum Gasteiger partial charge on any atom is -0.475 e. The van der Waals surface area contributed by atoms with Crippen molar-refractivity contribution in [2.75, 3.05) is 56.0 Å². The molecule has 16 heteroatoms. The van der Waals surface area contributed by atoms with Crippen molar-refractivity contribution in [2.45, 2.75) is 12.6 Å². The molecule has 7 rings (SSSR count). The van der Waals surface area contributed by atoms with Gasteiger partial charge in [0.25, 0.3) is 0 Å². The molecule has 3 N–H and O–H groups in total. The number of piperazine rings is 1. The van der Waals surface area contributed by atoms with E-state index in [1.807, 2.05) is 53.4 Å². The highest BCUT2D eigenvalue weighted by molar-refractivity contribution is 5.99. The lowest BCUT2D eigenvalue weighted by molar-refractivity contribution is -0.192. The lowest BCUT2D eigenvalue weighted by atomic mass is 10.1. The maximum atomic E-state index is 13.2. The number of H-pyrrole nitrogens is 1. The molecule has 0 bridgehead atoms. The number of pyridine rings is 1. The number of halogens is 3. The molecule has 51 heavy (non-hydrogen) atoms. The number of carboxylic acids is 1. The summed E-state index contributed by atoms with van der Waals surface area (Å²) in [6.07, 6.45) is 2.60. The number of alkyl halides is 3. The van der Waals surface area contributed by atoms with Gasteiger partial charge in [0.05, 0.1) is 18.0 Å². The number of aromatic nitrogens is 5. The Morgan fingerprint density at radius 3 is 2.24 bits per heavy atom. The fourth-order valence-corrected chi connectivity index (χ4v) is 6.03. The highest BCUT2D eigenvalue weighted by Crippen LogP contribution is 2.29. The maximum Gasteiger partial charge on any atom is 0.490 e. The lowest BCUT2D eigenvalue weighted by Crippen LogP contribution is -2.51. The van der Waals surface area contributed by atoms with Crippen LogP contribution in [0.5, 0.6) is 0 Å². The average molecular weight is 702 g/mol. The zero-order valence-corrected chi connectivity index (χ0v) is 27.3. The third-order valence-corrected chi connectivity index (χ3v) is 8.72. The number of carbonyl (C=O) groups excluding carboxylic acids is 2. The smallest absolute Gasteiger partial charge is 0.475 e. The molecule has 2 aliphatic heterocycles. The van der Waals surface area contributed by atoms with Crippen molar-refractivity contribution in [3.8, 4) is 22.6 Å². The van der Waals surface area contributed by atoms with Gasteiger partial charge >= 0.3 is 12.1 Å². The summed E-state index contributed by atoms with van der Waals surface area (Å²) in [4.78, 5) is 54.3. The largest absolute Gasteiger partial charge is 0.490 e. The molecule has 0 saturated carbocycles. The van der Waals surface area contributed by atoms with Gasteiger partial charge in [-0.2, -0.15) is 18.3 Å². The van der Waals surface area contributed by atoms with Crippen LogP contribution in [0, 0.1) is 5.92 Å². The molecule has 13 nitrogen and oxygen atoms in total. The molecule has 0 radical (unpaired) electrons. The molecule has 2 amide bonds. The first-order valence-corrected chi connectivity index (χ1v) is 16.2. The fraction of sp³-hybridized carbons (Fsp3) is 0.286. The highest BCUT2D eigenvalue weighted by atomic mass is 19.4. The van der Waals surface area contributed by atoms with E-state index >= 15 is 0 Å². The molecule has 0 spiro atoms. The Kier molecular flexibility index (Phi) is 10.5. The van der Waals surface area contributed by atoms with Crippen LogP contribution < -0.4 is 10.2 Å². The van der Waals surface area contributed by atoms with Gasteiger partial charge in [-0.3, -0.25) is 24.6 Å². The number of fused-ring (bicyclic) bond motifs is 1. The van der Waals surface area contributed by atoms with Crippen molar-refractivity contribution >= 4 is 40.1 Å². The molecular formula is C35H34F3N9O4. The molecular weight excluding hydrogens is 667 g/mol. The van der Waals surface area contributed by atoms with Crippen LogP contribution >= 0.6 is 0 Å². The van der Waals surface area contributed by atoms with E-state index in [-0.39, 0.29) is 17.7 Å². The molecule has 1 atom stereocenters. The minimum atomic E-state index is -5.08. The summed E-state index contributed by atoms with van der Waals surface area (Å²) in [6, 6.07) is 19.7. The number of carboxylic acid groups (broad SMARTS) is 1. The Morgan fingerprint density at radius 2 is 1.57 bits per heavy atom. The molecule has 2 aromatic carbocycles. The second kappa shape index (κ2) is 15.3. The molecule has 2 fully saturated rings. The van der Waals surface area contributed by atoms with Crippen LogP contribution in [-0.4, -0.2) is 110 Å². The zero-order chi connectivity index (χ0) is 36.0. The van der Waals surface area contributed by atoms with Crippen molar-refractivity contribution in [3.05, 3.63) is 85.5 Å². The Labute approximate surface area is 290 Å². The summed E-state index contributed by atoms with van der Waals surface area (Å²) in [5, 5.41) is 18.7. The summed E-state index contributed by atoms with van der Waals surface area (Å²) >= 11 is 0. The predicted octanol–water partition coefficient (Wildman–Crippen LogP) is 4.32.